The van der Waals surface area contributed by atoms with Crippen LogP contribution in [0.1, 0.15) is 28.2 Å². The van der Waals surface area contributed by atoms with Gasteiger partial charge in [0.2, 0.25) is 0 Å². The molecule has 0 saturated heterocycles. The second kappa shape index (κ2) is 15.0. The molecule has 1 aromatic heterocycles. The molecule has 0 aliphatic carbocycles. The lowest BCUT2D eigenvalue weighted by atomic mass is 9.89. The molecule has 0 spiro atoms. The second-order valence-electron chi connectivity index (χ2n) is 12.6. The van der Waals surface area contributed by atoms with Gasteiger partial charge in [0.25, 0.3) is 0 Å². The van der Waals surface area contributed by atoms with Gasteiger partial charge in [-0.3, -0.25) is 0 Å². The molecule has 2 heterocycles. The summed E-state index contributed by atoms with van der Waals surface area (Å²) in [5.74, 6) is -0.0435. The Morgan fingerprint density at radius 3 is 2.00 bits per heavy atom. The van der Waals surface area contributed by atoms with E-state index in [-0.39, 0.29) is 5.92 Å². The Balaban J connectivity index is 0.00000131. The highest BCUT2D eigenvalue weighted by molar-refractivity contribution is 5.99. The summed E-state index contributed by atoms with van der Waals surface area (Å²) in [4.78, 5) is 2.29. The molecule has 0 saturated carbocycles. The number of hydrogen-bond donors (Lipinski definition) is 2. The fourth-order valence-electron chi connectivity index (χ4n) is 6.85. The molecule has 6 aromatic carbocycles. The van der Waals surface area contributed by atoms with Crippen molar-refractivity contribution in [2.75, 3.05) is 19.0 Å². The molecule has 51 heavy (non-hydrogen) atoms. The summed E-state index contributed by atoms with van der Waals surface area (Å²) in [6.45, 7) is 4.57. The Kier molecular flexibility index (Phi) is 9.77. The van der Waals surface area contributed by atoms with Crippen LogP contribution < -0.4 is 26.5 Å². The first kappa shape index (κ1) is 33.2. The number of para-hydroxylation sites is 3. The van der Waals surface area contributed by atoms with E-state index in [1.165, 1.54) is 10.9 Å². The Bertz CT molecular complexity index is 2440. The normalized spacial score (nSPS) is 14.4. The number of nitrogens with two attached hydrogens (primary N) is 1. The van der Waals surface area contributed by atoms with Crippen LogP contribution in [0.4, 0.5) is 11.4 Å². The number of nitrogens with one attached hydrogen (secondary N) is 1. The molecule has 8 rings (SSSR count). The van der Waals surface area contributed by atoms with Gasteiger partial charge in [-0.1, -0.05) is 134 Å². The predicted octanol–water partition coefficient (Wildman–Crippen LogP) is 8.98. The van der Waals surface area contributed by atoms with Crippen LogP contribution in [0.25, 0.3) is 40.1 Å². The zero-order chi connectivity index (χ0) is 35.2. The van der Waals surface area contributed by atoms with Gasteiger partial charge in [0.15, 0.2) is 0 Å². The second-order valence-corrected chi connectivity index (χ2v) is 12.6. The number of allylic oxidation sites excluding steroid dienone is 2. The van der Waals surface area contributed by atoms with Gasteiger partial charge >= 0.3 is 0 Å². The van der Waals surface area contributed by atoms with Crippen molar-refractivity contribution in [1.82, 2.24) is 9.88 Å². The molecule has 7 aromatic rings. The summed E-state index contributed by atoms with van der Waals surface area (Å²) in [7, 11) is 3.75. The largest absolute Gasteiger partial charge is 0.398 e. The van der Waals surface area contributed by atoms with Gasteiger partial charge in [-0.15, -0.1) is 0 Å². The first-order valence-electron chi connectivity index (χ1n) is 17.3. The van der Waals surface area contributed by atoms with Crippen molar-refractivity contribution in [3.05, 3.63) is 209 Å². The minimum absolute atomic E-state index is 0.0435. The maximum Gasteiger partial charge on any atom is 0.0707 e. The Morgan fingerprint density at radius 2 is 1.25 bits per heavy atom. The summed E-state index contributed by atoms with van der Waals surface area (Å²) >= 11 is 0. The molecule has 0 amide bonds. The highest BCUT2D eigenvalue weighted by atomic mass is 15.1. The summed E-state index contributed by atoms with van der Waals surface area (Å²) in [6.07, 6.45) is 6.70. The number of anilines is 2. The van der Waals surface area contributed by atoms with E-state index in [4.69, 9.17) is 5.73 Å². The van der Waals surface area contributed by atoms with Crippen molar-refractivity contribution >= 4 is 45.8 Å². The summed E-state index contributed by atoms with van der Waals surface area (Å²) in [5.41, 5.74) is 17.3. The van der Waals surface area contributed by atoms with E-state index in [1.807, 2.05) is 32.3 Å². The van der Waals surface area contributed by atoms with Crippen LogP contribution in [0.2, 0.25) is 0 Å². The van der Waals surface area contributed by atoms with E-state index in [0.29, 0.717) is 0 Å². The Hall–Kier alpha value is -6.36. The Labute approximate surface area is 300 Å². The van der Waals surface area contributed by atoms with Crippen molar-refractivity contribution in [3.8, 4) is 5.69 Å². The van der Waals surface area contributed by atoms with Gasteiger partial charge in [-0.25, -0.2) is 0 Å². The molecule has 0 fully saturated rings. The lowest BCUT2D eigenvalue weighted by molar-refractivity contribution is 1.00. The van der Waals surface area contributed by atoms with E-state index >= 15 is 0 Å². The molecule has 0 bridgehead atoms. The van der Waals surface area contributed by atoms with E-state index in [9.17, 15) is 0 Å². The fraction of sp³-hybridized carbons (Fsp3) is 0.0638. The van der Waals surface area contributed by atoms with Gasteiger partial charge in [-0.2, -0.15) is 0 Å². The van der Waals surface area contributed by atoms with Crippen LogP contribution in [0.15, 0.2) is 176 Å². The average molecular weight is 663 g/mol. The molecule has 4 heteroatoms. The highest BCUT2D eigenvalue weighted by Gasteiger charge is 2.20. The van der Waals surface area contributed by atoms with Crippen molar-refractivity contribution in [2.45, 2.75) is 5.92 Å². The maximum atomic E-state index is 6.76. The van der Waals surface area contributed by atoms with Gasteiger partial charge in [0.05, 0.1) is 16.6 Å². The molecule has 1 aliphatic heterocycles. The first-order chi connectivity index (χ1) is 25.1. The number of fused-ring (bicyclic) bond motifs is 4. The van der Waals surface area contributed by atoms with Crippen LogP contribution in [0.5, 0.6) is 0 Å². The predicted molar refractivity (Wildman–Crippen MR) is 217 cm³/mol. The number of nitrogens with zero attached hydrogens (tertiary/aromatic N) is 2. The molecule has 3 N–H and O–H groups in total. The van der Waals surface area contributed by atoms with Crippen LogP contribution >= 0.6 is 0 Å². The van der Waals surface area contributed by atoms with Crippen LogP contribution in [-0.4, -0.2) is 18.7 Å². The third-order valence-corrected chi connectivity index (χ3v) is 9.17. The smallest absolute Gasteiger partial charge is 0.0707 e. The third kappa shape index (κ3) is 6.78. The van der Waals surface area contributed by atoms with Crippen LogP contribution in [0.3, 0.4) is 0 Å². The maximum absolute atomic E-state index is 6.76. The molecular weight excluding hydrogens is 621 g/mol. The zero-order valence-electron chi connectivity index (χ0n) is 29.1. The highest BCUT2D eigenvalue weighted by Crippen LogP contribution is 2.35. The number of hydrogen-bond acceptors (Lipinski definition) is 3. The summed E-state index contributed by atoms with van der Waals surface area (Å²) < 4.78 is 2.38. The molecule has 1 unspecified atom stereocenters. The topological polar surface area (TPSA) is 46.2 Å². The van der Waals surface area contributed by atoms with Crippen molar-refractivity contribution in [2.24, 2.45) is 5.73 Å². The minimum atomic E-state index is -0.0435. The fourth-order valence-corrected chi connectivity index (χ4v) is 6.85. The third-order valence-electron chi connectivity index (χ3n) is 9.17. The van der Waals surface area contributed by atoms with Crippen molar-refractivity contribution in [1.29, 1.82) is 0 Å². The van der Waals surface area contributed by atoms with E-state index in [2.05, 4.69) is 185 Å². The summed E-state index contributed by atoms with van der Waals surface area (Å²) in [6, 6.07) is 57.3. The minimum Gasteiger partial charge on any atom is -0.398 e. The Morgan fingerprint density at radius 1 is 0.667 bits per heavy atom. The van der Waals surface area contributed by atoms with Crippen molar-refractivity contribution in [3.63, 3.8) is 0 Å². The van der Waals surface area contributed by atoms with E-state index in [0.717, 1.165) is 61.1 Å². The van der Waals surface area contributed by atoms with Gasteiger partial charge in [0.1, 0.15) is 0 Å². The van der Waals surface area contributed by atoms with Gasteiger partial charge < -0.3 is 20.5 Å². The number of rotatable bonds is 6. The van der Waals surface area contributed by atoms with Crippen LogP contribution in [-0.2, 0) is 0 Å². The quantitative estimate of drug-likeness (QED) is 0.187. The zero-order valence-corrected chi connectivity index (χ0v) is 29.1. The van der Waals surface area contributed by atoms with E-state index in [1.54, 1.807) is 0 Å². The van der Waals surface area contributed by atoms with E-state index < -0.39 is 0 Å². The number of benzene rings is 6. The standard InChI is InChI=1S/C45H35N3.C2H7N/c1-32-28-41-39-25-12-14-27-44(39)48(45(41)31-47(36-21-9-4-10-22-36)43-26-13-11-24-38(32)43)37-23-15-20-35(29-37)40(33-16-5-2-6-17-33)30-42(46)34-18-7-3-8-19-34;1-3-2/h2-31,40H,1,46H2;3H,1-2H3/b41-28-,42-30-,45-31+;. The van der Waals surface area contributed by atoms with Gasteiger partial charge in [0, 0.05) is 45.4 Å². The molecule has 0 radical (unpaired) electrons. The molecular formula is C47H42N4. The average Bonchev–Trinajstić information content (AvgIpc) is 3.48. The SMILES string of the molecule is C=C1/C=c2\c(n(-c3cccc(C(/C=C(\N)c4ccccc4)c4ccccc4)c3)c3ccccc23)=C/N(c2ccccc2)c2ccccc21.CNC. The molecule has 1 aliphatic rings. The summed E-state index contributed by atoms with van der Waals surface area (Å²) in [5, 5.41) is 6.16. The molecule has 1 atom stereocenters. The number of aromatic nitrogens is 1. The molecule has 4 nitrogen and oxygen atoms in total. The first-order valence-corrected chi connectivity index (χ1v) is 17.3. The van der Waals surface area contributed by atoms with Crippen LogP contribution in [0, 0.1) is 0 Å². The molecule has 250 valence electrons. The lowest BCUT2D eigenvalue weighted by Crippen LogP contribution is -2.33. The van der Waals surface area contributed by atoms with Crippen molar-refractivity contribution < 1.29 is 0 Å². The monoisotopic (exact) mass is 662 g/mol. The van der Waals surface area contributed by atoms with Gasteiger partial charge in [-0.05, 0) is 84.9 Å². The lowest BCUT2D eigenvalue weighted by Gasteiger charge is -2.25.